The van der Waals surface area contributed by atoms with Gasteiger partial charge in [-0.3, -0.25) is 10.1 Å². The zero-order valence-corrected chi connectivity index (χ0v) is 9.46. The smallest absolute Gasteiger partial charge is 0.321 e. The average molecular weight is 231 g/mol. The van der Waals surface area contributed by atoms with Gasteiger partial charge in [0, 0.05) is 19.0 Å². The van der Waals surface area contributed by atoms with Crippen molar-refractivity contribution in [2.75, 3.05) is 19.0 Å². The summed E-state index contributed by atoms with van der Waals surface area (Å²) >= 11 is 1.74. The van der Waals surface area contributed by atoms with Crippen LogP contribution in [0.15, 0.2) is 0 Å². The first kappa shape index (κ1) is 11.2. The second-order valence-electron chi connectivity index (χ2n) is 4.17. The van der Waals surface area contributed by atoms with Crippen molar-refractivity contribution in [2.45, 2.75) is 30.7 Å². The van der Waals surface area contributed by atoms with Crippen molar-refractivity contribution in [1.29, 1.82) is 0 Å². The standard InChI is InChI=1S/C10H17NO3S/c12-10(13)8-6-15-9(11-8)5-7-1-3-14-4-2-7/h7-9,11H,1-6H2,(H,12,13)/t8?,9-/m1/s1. The molecule has 2 atom stereocenters. The molecule has 2 rings (SSSR count). The zero-order chi connectivity index (χ0) is 10.7. The highest BCUT2D eigenvalue weighted by atomic mass is 32.2. The highest BCUT2D eigenvalue weighted by molar-refractivity contribution is 8.00. The minimum absolute atomic E-state index is 0.328. The van der Waals surface area contributed by atoms with E-state index in [0.717, 1.165) is 32.5 Å². The molecule has 0 radical (unpaired) electrons. The monoisotopic (exact) mass is 231 g/mol. The molecule has 2 aliphatic heterocycles. The van der Waals surface area contributed by atoms with Crippen molar-refractivity contribution in [3.63, 3.8) is 0 Å². The number of hydrogen-bond acceptors (Lipinski definition) is 4. The Hall–Kier alpha value is -0.260. The van der Waals surface area contributed by atoms with Crippen LogP contribution in [0, 0.1) is 5.92 Å². The molecule has 0 spiro atoms. The summed E-state index contributed by atoms with van der Waals surface area (Å²) < 4.78 is 5.30. The van der Waals surface area contributed by atoms with Gasteiger partial charge < -0.3 is 9.84 Å². The Labute approximate surface area is 93.8 Å². The van der Waals surface area contributed by atoms with Crippen LogP contribution in [0.5, 0.6) is 0 Å². The van der Waals surface area contributed by atoms with Crippen molar-refractivity contribution in [3.05, 3.63) is 0 Å². The van der Waals surface area contributed by atoms with E-state index in [1.54, 1.807) is 11.8 Å². The quantitative estimate of drug-likeness (QED) is 0.756. The van der Waals surface area contributed by atoms with Crippen LogP contribution in [0.2, 0.25) is 0 Å². The van der Waals surface area contributed by atoms with Crippen LogP contribution in [0.25, 0.3) is 0 Å². The number of thioether (sulfide) groups is 1. The van der Waals surface area contributed by atoms with Gasteiger partial charge in [-0.2, -0.15) is 0 Å². The lowest BCUT2D eigenvalue weighted by molar-refractivity contribution is -0.138. The third-order valence-electron chi connectivity index (χ3n) is 3.04. The van der Waals surface area contributed by atoms with E-state index < -0.39 is 5.97 Å². The van der Waals surface area contributed by atoms with Gasteiger partial charge in [0.05, 0.1) is 5.37 Å². The summed E-state index contributed by atoms with van der Waals surface area (Å²) in [5.41, 5.74) is 0. The van der Waals surface area contributed by atoms with Gasteiger partial charge in [-0.05, 0) is 25.2 Å². The summed E-state index contributed by atoms with van der Waals surface area (Å²) in [6.45, 7) is 1.73. The van der Waals surface area contributed by atoms with Crippen LogP contribution in [0.3, 0.4) is 0 Å². The maximum Gasteiger partial charge on any atom is 0.321 e. The molecule has 0 amide bonds. The van der Waals surface area contributed by atoms with E-state index >= 15 is 0 Å². The van der Waals surface area contributed by atoms with Crippen molar-refractivity contribution in [2.24, 2.45) is 5.92 Å². The van der Waals surface area contributed by atoms with Gasteiger partial charge in [-0.15, -0.1) is 11.8 Å². The summed E-state index contributed by atoms with van der Waals surface area (Å²) in [5, 5.41) is 12.3. The van der Waals surface area contributed by atoms with E-state index in [0.29, 0.717) is 17.0 Å². The second kappa shape index (κ2) is 5.18. The van der Waals surface area contributed by atoms with Crippen LogP contribution in [-0.4, -0.2) is 41.5 Å². The van der Waals surface area contributed by atoms with E-state index in [4.69, 9.17) is 9.84 Å². The van der Waals surface area contributed by atoms with Crippen molar-refractivity contribution < 1.29 is 14.6 Å². The summed E-state index contributed by atoms with van der Waals surface area (Å²) in [6.07, 6.45) is 3.32. The van der Waals surface area contributed by atoms with E-state index in [1.165, 1.54) is 0 Å². The van der Waals surface area contributed by atoms with E-state index in [1.807, 2.05) is 0 Å². The Morgan fingerprint density at radius 3 is 2.80 bits per heavy atom. The molecule has 2 N–H and O–H groups in total. The molecule has 0 aromatic carbocycles. The van der Waals surface area contributed by atoms with Crippen molar-refractivity contribution in [1.82, 2.24) is 5.32 Å². The number of nitrogens with one attached hydrogen (secondary N) is 1. The van der Waals surface area contributed by atoms with Crippen LogP contribution >= 0.6 is 11.8 Å². The predicted octanol–water partition coefficient (Wildman–Crippen LogP) is 0.919. The maximum atomic E-state index is 10.7. The molecular weight excluding hydrogens is 214 g/mol. The van der Waals surface area contributed by atoms with Crippen molar-refractivity contribution >= 4 is 17.7 Å². The Kier molecular flexibility index (Phi) is 3.88. The Morgan fingerprint density at radius 2 is 2.20 bits per heavy atom. The molecule has 0 aliphatic carbocycles. The lowest BCUT2D eigenvalue weighted by Crippen LogP contribution is -2.37. The van der Waals surface area contributed by atoms with Gasteiger partial charge in [0.25, 0.3) is 0 Å². The van der Waals surface area contributed by atoms with Crippen LogP contribution in [0.4, 0.5) is 0 Å². The van der Waals surface area contributed by atoms with Gasteiger partial charge >= 0.3 is 5.97 Å². The molecule has 2 aliphatic rings. The third-order valence-corrected chi connectivity index (χ3v) is 4.29. The second-order valence-corrected chi connectivity index (χ2v) is 5.41. The fourth-order valence-electron chi connectivity index (χ4n) is 2.10. The van der Waals surface area contributed by atoms with E-state index in [-0.39, 0.29) is 6.04 Å². The summed E-state index contributed by atoms with van der Waals surface area (Å²) in [6, 6.07) is -0.347. The Bertz CT molecular complexity index is 231. The number of ether oxygens (including phenoxy) is 1. The molecule has 2 saturated heterocycles. The molecule has 86 valence electrons. The molecule has 0 aromatic heterocycles. The molecule has 0 saturated carbocycles. The largest absolute Gasteiger partial charge is 0.480 e. The molecule has 2 fully saturated rings. The third kappa shape index (κ3) is 3.09. The summed E-state index contributed by atoms with van der Waals surface area (Å²) in [7, 11) is 0. The minimum Gasteiger partial charge on any atom is -0.480 e. The number of rotatable bonds is 3. The lowest BCUT2D eigenvalue weighted by Gasteiger charge is -2.24. The predicted molar refractivity (Wildman–Crippen MR) is 59.0 cm³/mol. The molecule has 15 heavy (non-hydrogen) atoms. The van der Waals surface area contributed by atoms with Gasteiger partial charge in [-0.1, -0.05) is 0 Å². The lowest BCUT2D eigenvalue weighted by atomic mass is 9.96. The fraction of sp³-hybridized carbons (Fsp3) is 0.900. The van der Waals surface area contributed by atoms with Gasteiger partial charge in [0.15, 0.2) is 0 Å². The topological polar surface area (TPSA) is 58.6 Å². The number of carboxylic acids is 1. The molecular formula is C10H17NO3S. The van der Waals surface area contributed by atoms with Crippen LogP contribution in [0.1, 0.15) is 19.3 Å². The average Bonchev–Trinajstić information content (AvgIpc) is 2.68. The number of hydrogen-bond donors (Lipinski definition) is 2. The summed E-state index contributed by atoms with van der Waals surface area (Å²) in [5.74, 6) is 0.678. The normalized spacial score (nSPS) is 33.1. The van der Waals surface area contributed by atoms with Gasteiger partial charge in [0.2, 0.25) is 0 Å². The highest BCUT2D eigenvalue weighted by Gasteiger charge is 2.31. The van der Waals surface area contributed by atoms with Gasteiger partial charge in [0.1, 0.15) is 6.04 Å². The van der Waals surface area contributed by atoms with E-state index in [2.05, 4.69) is 5.32 Å². The van der Waals surface area contributed by atoms with E-state index in [9.17, 15) is 4.79 Å². The molecule has 1 unspecified atom stereocenters. The minimum atomic E-state index is -0.725. The fourth-order valence-corrected chi connectivity index (χ4v) is 3.43. The Morgan fingerprint density at radius 1 is 1.47 bits per heavy atom. The first-order chi connectivity index (χ1) is 7.25. The molecule has 0 aromatic rings. The molecule has 4 nitrogen and oxygen atoms in total. The first-order valence-electron chi connectivity index (χ1n) is 5.44. The van der Waals surface area contributed by atoms with Gasteiger partial charge in [-0.25, -0.2) is 0 Å². The number of aliphatic carboxylic acids is 1. The first-order valence-corrected chi connectivity index (χ1v) is 6.49. The Balaban J connectivity index is 1.74. The molecule has 0 bridgehead atoms. The van der Waals surface area contributed by atoms with Crippen LogP contribution < -0.4 is 5.32 Å². The van der Waals surface area contributed by atoms with Crippen LogP contribution in [-0.2, 0) is 9.53 Å². The number of carbonyl (C=O) groups is 1. The van der Waals surface area contributed by atoms with Crippen molar-refractivity contribution in [3.8, 4) is 0 Å². The zero-order valence-electron chi connectivity index (χ0n) is 8.65. The molecule has 5 heteroatoms. The molecule has 2 heterocycles. The maximum absolute atomic E-state index is 10.7. The SMILES string of the molecule is O=C(O)C1CS[C@H](CC2CCOCC2)N1. The highest BCUT2D eigenvalue weighted by Crippen LogP contribution is 2.28. The summed E-state index contributed by atoms with van der Waals surface area (Å²) in [4.78, 5) is 10.7. The number of carboxylic acid groups (broad SMARTS) is 1.